The lowest BCUT2D eigenvalue weighted by Crippen LogP contribution is -2.29. The fraction of sp³-hybridized carbons (Fsp3) is 0.167. The van der Waals surface area contributed by atoms with E-state index in [0.717, 1.165) is 12.1 Å². The molecule has 1 N–H and O–H groups in total. The van der Waals surface area contributed by atoms with Crippen LogP contribution < -0.4 is 10.1 Å². The van der Waals surface area contributed by atoms with Crippen LogP contribution in [0.5, 0.6) is 5.75 Å². The predicted octanol–water partition coefficient (Wildman–Crippen LogP) is 4.15. The van der Waals surface area contributed by atoms with E-state index in [1.807, 2.05) is 0 Å². The highest BCUT2D eigenvalue weighted by atomic mass is 79.9. The zero-order valence-corrected chi connectivity index (χ0v) is 14.7. The van der Waals surface area contributed by atoms with Gasteiger partial charge in [0.05, 0.1) is 12.1 Å². The van der Waals surface area contributed by atoms with Crippen LogP contribution in [0.1, 0.15) is 11.1 Å². The third kappa shape index (κ3) is 6.08. The molecule has 0 fully saturated rings. The van der Waals surface area contributed by atoms with Crippen LogP contribution in [0.3, 0.4) is 0 Å². The van der Waals surface area contributed by atoms with E-state index < -0.39 is 30.1 Å². The maximum absolute atomic E-state index is 13.5. The Balaban J connectivity index is 1.83. The Bertz CT molecular complexity index is 856. The number of rotatable bonds is 4. The monoisotopic (exact) mass is 429 g/mol. The van der Waals surface area contributed by atoms with E-state index in [1.54, 1.807) is 6.07 Å². The molecule has 0 atom stereocenters. The summed E-state index contributed by atoms with van der Waals surface area (Å²) < 4.78 is 56.9. The highest BCUT2D eigenvalue weighted by Gasteiger charge is 2.30. The van der Waals surface area contributed by atoms with Crippen LogP contribution in [0.2, 0.25) is 0 Å². The number of amides is 1. The van der Waals surface area contributed by atoms with E-state index in [4.69, 9.17) is 4.74 Å². The van der Waals surface area contributed by atoms with Crippen LogP contribution in [0.25, 0.3) is 0 Å². The van der Waals surface area contributed by atoms with Crippen molar-refractivity contribution in [1.82, 2.24) is 5.32 Å². The van der Waals surface area contributed by atoms with Crippen molar-refractivity contribution >= 4 is 21.8 Å². The molecule has 0 saturated carbocycles. The fourth-order valence-corrected chi connectivity index (χ4v) is 2.18. The first-order valence-electron chi connectivity index (χ1n) is 7.26. The molecule has 2 rings (SSSR count). The van der Waals surface area contributed by atoms with Crippen LogP contribution in [0, 0.1) is 17.7 Å². The number of nitrogens with one attached hydrogen (secondary N) is 1. The van der Waals surface area contributed by atoms with Crippen LogP contribution >= 0.6 is 15.9 Å². The maximum Gasteiger partial charge on any atom is 0.416 e. The Labute approximate surface area is 155 Å². The molecule has 26 heavy (non-hydrogen) atoms. The van der Waals surface area contributed by atoms with Crippen molar-refractivity contribution in [2.24, 2.45) is 0 Å². The number of benzene rings is 2. The van der Waals surface area contributed by atoms with Crippen LogP contribution in [-0.4, -0.2) is 19.1 Å². The Hall–Kier alpha value is -2.53. The molecular formula is C18H12BrF4NO2. The summed E-state index contributed by atoms with van der Waals surface area (Å²) in [6.07, 6.45) is -4.44. The fourth-order valence-electron chi connectivity index (χ4n) is 1.85. The molecular weight excluding hydrogens is 418 g/mol. The van der Waals surface area contributed by atoms with Crippen molar-refractivity contribution in [2.45, 2.75) is 6.18 Å². The zero-order chi connectivity index (χ0) is 19.2. The quantitative estimate of drug-likeness (QED) is 0.585. The normalized spacial score (nSPS) is 10.7. The van der Waals surface area contributed by atoms with Crippen LogP contribution in [0.15, 0.2) is 46.9 Å². The van der Waals surface area contributed by atoms with Crippen molar-refractivity contribution in [2.75, 3.05) is 13.2 Å². The van der Waals surface area contributed by atoms with Crippen molar-refractivity contribution in [3.63, 3.8) is 0 Å². The Morgan fingerprint density at radius 2 is 1.96 bits per heavy atom. The third-order valence-electron chi connectivity index (χ3n) is 3.05. The SMILES string of the molecule is O=C(COc1ccc(Br)cc1F)NCC#Cc1cccc(C(F)(F)F)c1. The molecule has 0 radical (unpaired) electrons. The van der Waals surface area contributed by atoms with Gasteiger partial charge >= 0.3 is 6.18 Å². The molecule has 0 aliphatic heterocycles. The van der Waals surface area contributed by atoms with E-state index in [0.29, 0.717) is 4.47 Å². The summed E-state index contributed by atoms with van der Waals surface area (Å²) >= 11 is 3.10. The smallest absolute Gasteiger partial charge is 0.416 e. The van der Waals surface area contributed by atoms with Crippen molar-refractivity contribution in [1.29, 1.82) is 0 Å². The van der Waals surface area contributed by atoms with Gasteiger partial charge in [0.1, 0.15) is 0 Å². The summed E-state index contributed by atoms with van der Waals surface area (Å²) in [5, 5.41) is 2.41. The molecule has 1 amide bonds. The van der Waals surface area contributed by atoms with E-state index in [9.17, 15) is 22.4 Å². The molecule has 0 unspecified atom stereocenters. The molecule has 0 heterocycles. The van der Waals surface area contributed by atoms with Crippen LogP contribution in [0.4, 0.5) is 17.6 Å². The van der Waals surface area contributed by atoms with E-state index in [2.05, 4.69) is 33.1 Å². The Morgan fingerprint density at radius 1 is 1.19 bits per heavy atom. The van der Waals surface area contributed by atoms with Gasteiger partial charge in [-0.15, -0.1) is 0 Å². The summed E-state index contributed by atoms with van der Waals surface area (Å²) in [5.74, 6) is 3.85. The number of alkyl halides is 3. The largest absolute Gasteiger partial charge is 0.481 e. The van der Waals surface area contributed by atoms with Crippen molar-refractivity contribution in [3.8, 4) is 17.6 Å². The molecule has 0 aliphatic rings. The molecule has 0 spiro atoms. The molecule has 0 aliphatic carbocycles. The van der Waals surface area contributed by atoms with Gasteiger partial charge in [-0.05, 0) is 36.4 Å². The lowest BCUT2D eigenvalue weighted by atomic mass is 10.1. The molecule has 8 heteroatoms. The molecule has 3 nitrogen and oxygen atoms in total. The zero-order valence-electron chi connectivity index (χ0n) is 13.2. The Kier molecular flexibility index (Phi) is 6.64. The highest BCUT2D eigenvalue weighted by molar-refractivity contribution is 9.10. The summed E-state index contributed by atoms with van der Waals surface area (Å²) in [7, 11) is 0. The van der Waals surface area contributed by atoms with E-state index in [1.165, 1.54) is 24.3 Å². The molecule has 0 bridgehead atoms. The minimum absolute atomic E-state index is 0.0709. The third-order valence-corrected chi connectivity index (χ3v) is 3.54. The first-order chi connectivity index (χ1) is 12.3. The lowest BCUT2D eigenvalue weighted by Gasteiger charge is -2.07. The number of hydrogen-bond acceptors (Lipinski definition) is 2. The standard InChI is InChI=1S/C18H12BrF4NO2/c19-14-6-7-16(15(20)10-14)26-11-17(25)24-8-2-4-12-3-1-5-13(9-12)18(21,22)23/h1,3,5-7,9-10H,8,11H2,(H,24,25). The summed E-state index contributed by atoms with van der Waals surface area (Å²) in [6.45, 7) is -0.495. The minimum Gasteiger partial charge on any atom is -0.481 e. The van der Waals surface area contributed by atoms with Gasteiger partial charge in [-0.2, -0.15) is 13.2 Å². The van der Waals surface area contributed by atoms with Gasteiger partial charge in [-0.1, -0.05) is 33.8 Å². The predicted molar refractivity (Wildman–Crippen MR) is 90.9 cm³/mol. The lowest BCUT2D eigenvalue weighted by molar-refractivity contribution is -0.137. The highest BCUT2D eigenvalue weighted by Crippen LogP contribution is 2.29. The average Bonchev–Trinajstić information content (AvgIpc) is 2.57. The number of hydrogen-bond donors (Lipinski definition) is 1. The second-order valence-corrected chi connectivity index (χ2v) is 5.94. The maximum atomic E-state index is 13.5. The second kappa shape index (κ2) is 8.72. The number of ether oxygens (including phenoxy) is 1. The summed E-state index contributed by atoms with van der Waals surface area (Å²) in [6, 6.07) is 8.71. The van der Waals surface area contributed by atoms with Crippen molar-refractivity contribution in [3.05, 3.63) is 63.9 Å². The van der Waals surface area contributed by atoms with E-state index in [-0.39, 0.29) is 17.9 Å². The number of carbonyl (C=O) groups is 1. The first kappa shape index (κ1) is 19.8. The van der Waals surface area contributed by atoms with Gasteiger partial charge < -0.3 is 10.1 Å². The van der Waals surface area contributed by atoms with E-state index >= 15 is 0 Å². The molecule has 2 aromatic carbocycles. The Morgan fingerprint density at radius 3 is 2.65 bits per heavy atom. The van der Waals surface area contributed by atoms with Crippen LogP contribution in [-0.2, 0) is 11.0 Å². The topological polar surface area (TPSA) is 38.3 Å². The minimum atomic E-state index is -4.44. The summed E-state index contributed by atoms with van der Waals surface area (Å²) in [4.78, 5) is 11.6. The number of carbonyl (C=O) groups excluding carboxylic acids is 1. The van der Waals surface area contributed by atoms with Gasteiger partial charge in [0.25, 0.3) is 5.91 Å². The van der Waals surface area contributed by atoms with Gasteiger partial charge in [0.15, 0.2) is 18.2 Å². The molecule has 136 valence electrons. The molecule has 0 aromatic heterocycles. The van der Waals surface area contributed by atoms with Gasteiger partial charge in [0, 0.05) is 10.0 Å². The molecule has 2 aromatic rings. The number of halogens is 5. The second-order valence-electron chi connectivity index (χ2n) is 5.02. The summed E-state index contributed by atoms with van der Waals surface area (Å²) in [5.41, 5.74) is -0.611. The van der Waals surface area contributed by atoms with Gasteiger partial charge in [-0.3, -0.25) is 4.79 Å². The first-order valence-corrected chi connectivity index (χ1v) is 8.05. The molecule has 0 saturated heterocycles. The van der Waals surface area contributed by atoms with Gasteiger partial charge in [0.2, 0.25) is 0 Å². The van der Waals surface area contributed by atoms with Gasteiger partial charge in [-0.25, -0.2) is 4.39 Å². The average molecular weight is 430 g/mol. The van der Waals surface area contributed by atoms with Crippen molar-refractivity contribution < 1.29 is 27.1 Å².